The van der Waals surface area contributed by atoms with Gasteiger partial charge in [-0.15, -0.1) is 11.3 Å². The van der Waals surface area contributed by atoms with E-state index in [0.717, 1.165) is 12.8 Å². The number of oxime groups is 1. The zero-order valence-electron chi connectivity index (χ0n) is 11.5. The highest BCUT2D eigenvalue weighted by Gasteiger charge is 2.21. The van der Waals surface area contributed by atoms with Crippen LogP contribution in [0.25, 0.3) is 0 Å². The molecule has 0 unspecified atom stereocenters. The van der Waals surface area contributed by atoms with E-state index in [4.69, 9.17) is 10.9 Å². The van der Waals surface area contributed by atoms with E-state index in [0.29, 0.717) is 16.3 Å². The third-order valence-corrected chi connectivity index (χ3v) is 4.76. The minimum Gasteiger partial charge on any atom is -0.409 e. The number of nitrogens with one attached hydrogen (secondary N) is 1. The molecule has 1 aliphatic carbocycles. The SMILES string of the molecule is Cn1ncc(C(N)=NO)c1NC(=O)c1cc2c(s1)CCC2. The topological polar surface area (TPSA) is 106 Å². The molecule has 1 aliphatic rings. The van der Waals surface area contributed by atoms with Gasteiger partial charge in [-0.2, -0.15) is 5.10 Å². The van der Waals surface area contributed by atoms with Gasteiger partial charge >= 0.3 is 0 Å². The van der Waals surface area contributed by atoms with E-state index in [1.807, 2.05) is 6.07 Å². The number of amidine groups is 1. The average Bonchev–Trinajstić information content (AvgIpc) is 3.13. The largest absolute Gasteiger partial charge is 0.409 e. The number of hydrogen-bond donors (Lipinski definition) is 3. The fourth-order valence-electron chi connectivity index (χ4n) is 2.44. The third kappa shape index (κ3) is 2.38. The van der Waals surface area contributed by atoms with Gasteiger partial charge in [-0.05, 0) is 30.9 Å². The second-order valence-corrected chi connectivity index (χ2v) is 6.02. The van der Waals surface area contributed by atoms with Gasteiger partial charge in [0.2, 0.25) is 0 Å². The van der Waals surface area contributed by atoms with Gasteiger partial charge in [-0.25, -0.2) is 0 Å². The molecule has 21 heavy (non-hydrogen) atoms. The summed E-state index contributed by atoms with van der Waals surface area (Å²) in [4.78, 5) is 14.3. The summed E-state index contributed by atoms with van der Waals surface area (Å²) in [5.74, 6) is 0.112. The summed E-state index contributed by atoms with van der Waals surface area (Å²) in [7, 11) is 1.68. The van der Waals surface area contributed by atoms with Crippen LogP contribution in [-0.4, -0.2) is 26.7 Å². The van der Waals surface area contributed by atoms with Gasteiger partial charge in [-0.3, -0.25) is 9.48 Å². The Morgan fingerprint density at radius 2 is 2.38 bits per heavy atom. The molecule has 7 nitrogen and oxygen atoms in total. The first-order chi connectivity index (χ1) is 10.1. The number of aryl methyl sites for hydroxylation is 3. The number of hydrogen-bond acceptors (Lipinski definition) is 5. The number of carbonyl (C=O) groups is 1. The molecule has 0 aliphatic heterocycles. The minimum atomic E-state index is -0.204. The van der Waals surface area contributed by atoms with Crippen molar-refractivity contribution in [3.8, 4) is 0 Å². The molecule has 0 saturated heterocycles. The number of carbonyl (C=O) groups excluding carboxylic acids is 1. The molecule has 2 aromatic heterocycles. The zero-order chi connectivity index (χ0) is 15.0. The molecule has 1 amide bonds. The van der Waals surface area contributed by atoms with E-state index >= 15 is 0 Å². The number of rotatable bonds is 3. The maximum absolute atomic E-state index is 12.3. The Morgan fingerprint density at radius 1 is 1.57 bits per heavy atom. The van der Waals surface area contributed by atoms with Crippen LogP contribution < -0.4 is 11.1 Å². The summed E-state index contributed by atoms with van der Waals surface area (Å²) in [5.41, 5.74) is 7.24. The lowest BCUT2D eigenvalue weighted by atomic mass is 10.2. The van der Waals surface area contributed by atoms with Crippen molar-refractivity contribution in [2.24, 2.45) is 17.9 Å². The van der Waals surface area contributed by atoms with Crippen molar-refractivity contribution in [2.45, 2.75) is 19.3 Å². The summed E-state index contributed by atoms with van der Waals surface area (Å²) in [5, 5.41) is 18.5. The van der Waals surface area contributed by atoms with Crippen LogP contribution in [-0.2, 0) is 19.9 Å². The van der Waals surface area contributed by atoms with Gasteiger partial charge in [0, 0.05) is 11.9 Å². The molecule has 8 heteroatoms. The molecule has 110 valence electrons. The van der Waals surface area contributed by atoms with Crippen LogP contribution >= 0.6 is 11.3 Å². The molecule has 0 saturated carbocycles. The molecule has 0 atom stereocenters. The molecule has 2 heterocycles. The number of thiophene rings is 1. The third-order valence-electron chi connectivity index (χ3n) is 3.52. The fourth-order valence-corrected chi connectivity index (χ4v) is 3.59. The Labute approximate surface area is 125 Å². The fraction of sp³-hybridized carbons (Fsp3) is 0.308. The number of nitrogens with zero attached hydrogens (tertiary/aromatic N) is 3. The van der Waals surface area contributed by atoms with Crippen molar-refractivity contribution < 1.29 is 10.0 Å². The van der Waals surface area contributed by atoms with E-state index < -0.39 is 0 Å². The molecular formula is C13H15N5O2S. The summed E-state index contributed by atoms with van der Waals surface area (Å²) >= 11 is 1.53. The van der Waals surface area contributed by atoms with E-state index in [-0.39, 0.29) is 11.7 Å². The van der Waals surface area contributed by atoms with Crippen molar-refractivity contribution in [1.29, 1.82) is 0 Å². The predicted octanol–water partition coefficient (Wildman–Crippen LogP) is 1.32. The van der Waals surface area contributed by atoms with Crippen LogP contribution in [0.4, 0.5) is 5.82 Å². The van der Waals surface area contributed by atoms with Crippen molar-refractivity contribution in [3.05, 3.63) is 33.1 Å². The number of nitrogens with two attached hydrogens (primary N) is 1. The molecule has 2 aromatic rings. The summed E-state index contributed by atoms with van der Waals surface area (Å²) in [6, 6.07) is 1.95. The molecule has 3 rings (SSSR count). The first-order valence-electron chi connectivity index (χ1n) is 6.53. The Bertz CT molecular complexity index is 709. The van der Waals surface area contributed by atoms with Gasteiger partial charge in [0.1, 0.15) is 5.82 Å². The van der Waals surface area contributed by atoms with Crippen LogP contribution in [0.15, 0.2) is 17.4 Å². The van der Waals surface area contributed by atoms with E-state index in [9.17, 15) is 4.79 Å². The molecule has 0 aromatic carbocycles. The lowest BCUT2D eigenvalue weighted by Crippen LogP contribution is -2.19. The normalized spacial score (nSPS) is 14.2. The molecule has 0 radical (unpaired) electrons. The molecule has 4 N–H and O–H groups in total. The van der Waals surface area contributed by atoms with Gasteiger partial charge in [-0.1, -0.05) is 5.16 Å². The Kier molecular flexibility index (Phi) is 3.38. The first kappa shape index (κ1) is 13.6. The zero-order valence-corrected chi connectivity index (χ0v) is 12.3. The highest BCUT2D eigenvalue weighted by Crippen LogP contribution is 2.31. The lowest BCUT2D eigenvalue weighted by Gasteiger charge is -2.06. The van der Waals surface area contributed by atoms with Gasteiger partial charge in [0.05, 0.1) is 16.6 Å². The second kappa shape index (κ2) is 5.21. The highest BCUT2D eigenvalue weighted by molar-refractivity contribution is 7.14. The quantitative estimate of drug-likeness (QED) is 0.344. The van der Waals surface area contributed by atoms with Crippen LogP contribution in [0.3, 0.4) is 0 Å². The maximum Gasteiger partial charge on any atom is 0.266 e. The highest BCUT2D eigenvalue weighted by atomic mass is 32.1. The molecular weight excluding hydrogens is 290 g/mol. The second-order valence-electron chi connectivity index (χ2n) is 4.88. The Hall–Kier alpha value is -2.35. The van der Waals surface area contributed by atoms with Crippen LogP contribution in [0.5, 0.6) is 0 Å². The number of anilines is 1. The molecule has 0 fully saturated rings. The van der Waals surface area contributed by atoms with Crippen LogP contribution in [0, 0.1) is 0 Å². The minimum absolute atomic E-state index is 0.0907. The van der Waals surface area contributed by atoms with Crippen LogP contribution in [0.1, 0.15) is 32.1 Å². The predicted molar refractivity (Wildman–Crippen MR) is 80.0 cm³/mol. The summed E-state index contributed by atoms with van der Waals surface area (Å²) < 4.78 is 1.48. The molecule has 0 spiro atoms. The summed E-state index contributed by atoms with van der Waals surface area (Å²) in [6.45, 7) is 0. The number of aromatic nitrogens is 2. The van der Waals surface area contributed by atoms with E-state index in [1.54, 1.807) is 7.05 Å². The van der Waals surface area contributed by atoms with Crippen LogP contribution in [0.2, 0.25) is 0 Å². The van der Waals surface area contributed by atoms with Crippen molar-refractivity contribution in [2.75, 3.05) is 5.32 Å². The Balaban J connectivity index is 1.86. The summed E-state index contributed by atoms with van der Waals surface area (Å²) in [6.07, 6.45) is 4.70. The maximum atomic E-state index is 12.3. The van der Waals surface area contributed by atoms with Gasteiger partial charge in [0.15, 0.2) is 5.84 Å². The number of amides is 1. The van der Waals surface area contributed by atoms with Crippen molar-refractivity contribution in [3.63, 3.8) is 0 Å². The van der Waals surface area contributed by atoms with Crippen molar-refractivity contribution in [1.82, 2.24) is 9.78 Å². The van der Waals surface area contributed by atoms with Crippen molar-refractivity contribution >= 4 is 28.9 Å². The lowest BCUT2D eigenvalue weighted by molar-refractivity contribution is 0.102. The van der Waals surface area contributed by atoms with Gasteiger partial charge in [0.25, 0.3) is 5.91 Å². The first-order valence-corrected chi connectivity index (χ1v) is 7.34. The Morgan fingerprint density at radius 3 is 3.10 bits per heavy atom. The number of fused-ring (bicyclic) bond motifs is 1. The average molecular weight is 305 g/mol. The van der Waals surface area contributed by atoms with Gasteiger partial charge < -0.3 is 16.3 Å². The van der Waals surface area contributed by atoms with E-state index in [1.165, 1.54) is 39.1 Å². The smallest absolute Gasteiger partial charge is 0.266 e. The monoisotopic (exact) mass is 305 g/mol. The molecule has 0 bridgehead atoms. The van der Waals surface area contributed by atoms with E-state index in [2.05, 4.69) is 15.6 Å². The standard InChI is InChI=1S/C13H15N5O2S/c1-18-12(8(6-15-18)11(14)17-20)16-13(19)10-5-7-3-2-4-9(7)21-10/h5-6,20H,2-4H2,1H3,(H2,14,17)(H,16,19).